The van der Waals surface area contributed by atoms with Gasteiger partial charge in [-0.05, 0) is 19.1 Å². The van der Waals surface area contributed by atoms with Gasteiger partial charge >= 0.3 is 0 Å². The van der Waals surface area contributed by atoms with Crippen molar-refractivity contribution in [2.45, 2.75) is 13.0 Å². The van der Waals surface area contributed by atoms with Gasteiger partial charge in [-0.15, -0.1) is 0 Å². The topological polar surface area (TPSA) is 108 Å². The number of hydrogen-bond donors (Lipinski definition) is 2. The van der Waals surface area contributed by atoms with Gasteiger partial charge in [-0.3, -0.25) is 24.6 Å². The molecule has 0 spiro atoms. The molecule has 0 saturated carbocycles. The number of benzene rings is 1. The lowest BCUT2D eigenvalue weighted by Crippen LogP contribution is -2.45. The lowest BCUT2D eigenvalue weighted by atomic mass is 10.1. The number of H-pyrrole nitrogens is 1. The van der Waals surface area contributed by atoms with Crippen LogP contribution in [0.4, 0.5) is 5.95 Å². The summed E-state index contributed by atoms with van der Waals surface area (Å²) >= 11 is 0. The fraction of sp³-hybridized carbons (Fsp3) is 0.154. The molecule has 0 aliphatic carbocycles. The molecule has 0 fully saturated rings. The van der Waals surface area contributed by atoms with E-state index < -0.39 is 23.8 Å². The van der Waals surface area contributed by atoms with E-state index in [4.69, 9.17) is 0 Å². The molecule has 3 amide bonds. The summed E-state index contributed by atoms with van der Waals surface area (Å²) in [5.41, 5.74) is 0.614. The molecule has 2 aromatic rings. The molecule has 0 bridgehead atoms. The lowest BCUT2D eigenvalue weighted by molar-refractivity contribution is -0.119. The Morgan fingerprint density at radius 3 is 2.38 bits per heavy atom. The molecule has 1 atom stereocenters. The van der Waals surface area contributed by atoms with Gasteiger partial charge in [0.05, 0.1) is 11.1 Å². The van der Waals surface area contributed by atoms with Crippen molar-refractivity contribution in [1.29, 1.82) is 0 Å². The van der Waals surface area contributed by atoms with E-state index in [0.29, 0.717) is 11.1 Å². The first-order chi connectivity index (χ1) is 10.1. The molecule has 1 aromatic carbocycles. The first-order valence-electron chi connectivity index (χ1n) is 6.22. The molecular weight excluding hydrogens is 274 g/mol. The summed E-state index contributed by atoms with van der Waals surface area (Å²) in [4.78, 5) is 41.3. The van der Waals surface area contributed by atoms with E-state index in [2.05, 4.69) is 20.5 Å². The van der Waals surface area contributed by atoms with Crippen molar-refractivity contribution in [3.8, 4) is 0 Å². The van der Waals surface area contributed by atoms with E-state index in [-0.39, 0.29) is 5.95 Å². The van der Waals surface area contributed by atoms with E-state index in [0.717, 1.165) is 4.90 Å². The van der Waals surface area contributed by atoms with E-state index in [9.17, 15) is 14.4 Å². The van der Waals surface area contributed by atoms with Crippen molar-refractivity contribution in [2.75, 3.05) is 5.32 Å². The molecule has 3 rings (SSSR count). The van der Waals surface area contributed by atoms with Gasteiger partial charge in [0.25, 0.3) is 11.8 Å². The number of nitrogens with zero attached hydrogens (tertiary/aromatic N) is 3. The summed E-state index contributed by atoms with van der Waals surface area (Å²) in [5.74, 6) is -1.32. The maximum atomic E-state index is 12.2. The number of anilines is 1. The highest BCUT2D eigenvalue weighted by molar-refractivity contribution is 6.23. The third-order valence-electron chi connectivity index (χ3n) is 3.25. The average Bonchev–Trinajstić information content (AvgIpc) is 3.07. The molecule has 0 unspecified atom stereocenters. The number of fused-ring (bicyclic) bond motifs is 1. The Kier molecular flexibility index (Phi) is 2.98. The summed E-state index contributed by atoms with van der Waals surface area (Å²) in [6.45, 7) is 1.48. The van der Waals surface area contributed by atoms with Crippen LogP contribution in [0.5, 0.6) is 0 Å². The van der Waals surface area contributed by atoms with Crippen molar-refractivity contribution in [3.63, 3.8) is 0 Å². The molecule has 1 aliphatic rings. The van der Waals surface area contributed by atoms with Crippen molar-refractivity contribution >= 4 is 23.7 Å². The maximum absolute atomic E-state index is 12.2. The van der Waals surface area contributed by atoms with Gasteiger partial charge < -0.3 is 0 Å². The number of carbonyl (C=O) groups excluding carboxylic acids is 3. The number of hydrogen-bond acceptors (Lipinski definition) is 5. The van der Waals surface area contributed by atoms with Crippen molar-refractivity contribution in [2.24, 2.45) is 0 Å². The highest BCUT2D eigenvalue weighted by Crippen LogP contribution is 2.24. The van der Waals surface area contributed by atoms with Crippen LogP contribution in [0, 0.1) is 0 Å². The summed E-state index contributed by atoms with van der Waals surface area (Å²) in [7, 11) is 0. The fourth-order valence-corrected chi connectivity index (χ4v) is 2.16. The number of imide groups is 1. The van der Waals surface area contributed by atoms with Gasteiger partial charge in [-0.2, -0.15) is 10.1 Å². The molecular formula is C13H11N5O3. The van der Waals surface area contributed by atoms with Crippen LogP contribution < -0.4 is 5.32 Å². The predicted octanol–water partition coefficient (Wildman–Crippen LogP) is 0.428. The SMILES string of the molecule is C[C@@H](C(=O)Nc1ncn[nH]1)N1C(=O)c2ccccc2C1=O. The van der Waals surface area contributed by atoms with Gasteiger partial charge in [-0.1, -0.05) is 12.1 Å². The zero-order valence-corrected chi connectivity index (χ0v) is 11.0. The summed E-state index contributed by atoms with van der Waals surface area (Å²) in [5, 5.41) is 8.52. The van der Waals surface area contributed by atoms with Gasteiger partial charge in [0.2, 0.25) is 11.9 Å². The molecule has 1 aromatic heterocycles. The van der Waals surface area contributed by atoms with E-state index >= 15 is 0 Å². The van der Waals surface area contributed by atoms with Crippen LogP contribution in [0.15, 0.2) is 30.6 Å². The zero-order valence-electron chi connectivity index (χ0n) is 11.0. The number of nitrogens with one attached hydrogen (secondary N) is 2. The van der Waals surface area contributed by atoms with E-state index in [1.165, 1.54) is 13.3 Å². The molecule has 8 heteroatoms. The highest BCUT2D eigenvalue weighted by Gasteiger charge is 2.40. The second-order valence-electron chi connectivity index (χ2n) is 4.53. The molecule has 0 saturated heterocycles. The molecule has 8 nitrogen and oxygen atoms in total. The minimum atomic E-state index is -0.956. The largest absolute Gasteiger partial charge is 0.293 e. The van der Waals surface area contributed by atoms with Crippen LogP contribution in [0.3, 0.4) is 0 Å². The standard InChI is InChI=1S/C13H11N5O3/c1-7(10(19)16-13-14-6-15-17-13)18-11(20)8-4-2-3-5-9(8)12(18)21/h2-7H,1H3,(H2,14,15,16,17,19)/t7-/m0/s1. The Morgan fingerprint density at radius 1 is 1.24 bits per heavy atom. The van der Waals surface area contributed by atoms with Crippen molar-refractivity contribution in [1.82, 2.24) is 20.1 Å². The third kappa shape index (κ3) is 2.06. The number of aromatic amines is 1. The maximum Gasteiger partial charge on any atom is 0.262 e. The second kappa shape index (κ2) is 4.82. The number of aromatic nitrogens is 3. The Labute approximate surface area is 119 Å². The van der Waals surface area contributed by atoms with Crippen LogP contribution in [0.1, 0.15) is 27.6 Å². The number of rotatable bonds is 3. The minimum absolute atomic E-state index is 0.156. The second-order valence-corrected chi connectivity index (χ2v) is 4.53. The van der Waals surface area contributed by atoms with Crippen LogP contribution in [0.25, 0.3) is 0 Å². The van der Waals surface area contributed by atoms with E-state index in [1.807, 2.05) is 0 Å². The third-order valence-corrected chi connectivity index (χ3v) is 3.25. The van der Waals surface area contributed by atoms with E-state index in [1.54, 1.807) is 24.3 Å². The first-order valence-corrected chi connectivity index (χ1v) is 6.22. The highest BCUT2D eigenvalue weighted by atomic mass is 16.2. The molecule has 2 N–H and O–H groups in total. The molecule has 0 radical (unpaired) electrons. The zero-order chi connectivity index (χ0) is 15.0. The Balaban J connectivity index is 1.83. The Hall–Kier alpha value is -3.03. The van der Waals surface area contributed by atoms with Gasteiger partial charge in [0.1, 0.15) is 12.4 Å². The fourth-order valence-electron chi connectivity index (χ4n) is 2.16. The smallest absolute Gasteiger partial charge is 0.262 e. The first kappa shape index (κ1) is 13.0. The lowest BCUT2D eigenvalue weighted by Gasteiger charge is -2.20. The van der Waals surface area contributed by atoms with Crippen LogP contribution in [0.2, 0.25) is 0 Å². The van der Waals surface area contributed by atoms with Gasteiger partial charge in [0.15, 0.2) is 0 Å². The minimum Gasteiger partial charge on any atom is -0.293 e. The van der Waals surface area contributed by atoms with Crippen molar-refractivity contribution in [3.05, 3.63) is 41.7 Å². The molecule has 21 heavy (non-hydrogen) atoms. The summed E-state index contributed by atoms with van der Waals surface area (Å²) in [6, 6.07) is 5.52. The Bertz CT molecular complexity index is 690. The summed E-state index contributed by atoms with van der Waals surface area (Å²) in [6.07, 6.45) is 1.24. The monoisotopic (exact) mass is 285 g/mol. The average molecular weight is 285 g/mol. The predicted molar refractivity (Wildman–Crippen MR) is 71.4 cm³/mol. The van der Waals surface area contributed by atoms with Crippen LogP contribution >= 0.6 is 0 Å². The van der Waals surface area contributed by atoms with Crippen LogP contribution in [-0.2, 0) is 4.79 Å². The molecule has 106 valence electrons. The summed E-state index contributed by atoms with van der Waals surface area (Å²) < 4.78 is 0. The normalized spacial score (nSPS) is 15.0. The number of amides is 3. The Morgan fingerprint density at radius 2 is 1.86 bits per heavy atom. The van der Waals surface area contributed by atoms with Crippen molar-refractivity contribution < 1.29 is 14.4 Å². The van der Waals surface area contributed by atoms with Gasteiger partial charge in [-0.25, -0.2) is 5.10 Å². The number of carbonyl (C=O) groups is 3. The molecule has 2 heterocycles. The molecule has 1 aliphatic heterocycles. The van der Waals surface area contributed by atoms with Crippen LogP contribution in [-0.4, -0.2) is 43.8 Å². The van der Waals surface area contributed by atoms with Gasteiger partial charge in [0, 0.05) is 0 Å². The quantitative estimate of drug-likeness (QED) is 0.795.